The van der Waals surface area contributed by atoms with Crippen LogP contribution in [0.5, 0.6) is 0 Å². The summed E-state index contributed by atoms with van der Waals surface area (Å²) >= 11 is 0. The summed E-state index contributed by atoms with van der Waals surface area (Å²) < 4.78 is 0. The molecule has 2 aliphatic rings. The van der Waals surface area contributed by atoms with Crippen LogP contribution in [-0.4, -0.2) is 33.6 Å². The Bertz CT molecular complexity index is 1050. The third kappa shape index (κ3) is 3.29. The molecule has 0 spiro atoms. The second-order valence-electron chi connectivity index (χ2n) is 8.07. The molecule has 1 aromatic heterocycles. The number of hydrogen-bond donors (Lipinski definition) is 1. The van der Waals surface area contributed by atoms with E-state index >= 15 is 0 Å². The number of piperidine rings is 1. The Kier molecular flexibility index (Phi) is 4.55. The van der Waals surface area contributed by atoms with Crippen molar-refractivity contribution in [3.63, 3.8) is 0 Å². The summed E-state index contributed by atoms with van der Waals surface area (Å²) in [4.78, 5) is 23.8. The first kappa shape index (κ1) is 17.9. The third-order valence-corrected chi connectivity index (χ3v) is 6.34. The second-order valence-corrected chi connectivity index (χ2v) is 8.07. The quantitative estimate of drug-likeness (QED) is 0.704. The number of aromatic carboxylic acids is 1. The van der Waals surface area contributed by atoms with Gasteiger partial charge in [0.1, 0.15) is 5.69 Å². The molecule has 5 nitrogen and oxygen atoms in total. The molecule has 1 saturated heterocycles. The predicted molar refractivity (Wildman–Crippen MR) is 112 cm³/mol. The molecule has 146 valence electrons. The number of aromatic nitrogens is 2. The molecule has 0 bridgehead atoms. The smallest absolute Gasteiger partial charge is 0.335 e. The molecule has 2 aromatic carbocycles. The molecule has 5 rings (SSSR count). The monoisotopic (exact) mass is 385 g/mol. The van der Waals surface area contributed by atoms with Crippen LogP contribution in [0.4, 0.5) is 5.82 Å². The number of anilines is 1. The fourth-order valence-electron chi connectivity index (χ4n) is 4.95. The number of fused-ring (bicyclic) bond motifs is 2. The number of carbonyl (C=O) groups is 1. The van der Waals surface area contributed by atoms with E-state index in [4.69, 9.17) is 9.97 Å². The van der Waals surface area contributed by atoms with E-state index in [-0.39, 0.29) is 5.56 Å². The van der Waals surface area contributed by atoms with Gasteiger partial charge in [-0.15, -0.1) is 0 Å². The molecule has 5 heteroatoms. The Balaban J connectivity index is 1.69. The maximum Gasteiger partial charge on any atom is 0.335 e. The minimum absolute atomic E-state index is 0.238. The Morgan fingerprint density at radius 3 is 2.72 bits per heavy atom. The summed E-state index contributed by atoms with van der Waals surface area (Å²) in [6.45, 7) is 0.968. The lowest BCUT2D eigenvalue weighted by Gasteiger charge is -2.45. The Morgan fingerprint density at radius 2 is 1.90 bits per heavy atom. The molecule has 2 atom stereocenters. The van der Waals surface area contributed by atoms with Crippen LogP contribution in [0.15, 0.2) is 36.4 Å². The first-order valence-electron chi connectivity index (χ1n) is 10.4. The minimum atomic E-state index is -0.946. The average molecular weight is 385 g/mol. The highest BCUT2D eigenvalue weighted by molar-refractivity contribution is 5.93. The van der Waals surface area contributed by atoms with Crippen molar-refractivity contribution >= 4 is 22.8 Å². The van der Waals surface area contributed by atoms with Crippen molar-refractivity contribution in [2.45, 2.75) is 44.6 Å². The predicted octanol–water partition coefficient (Wildman–Crippen LogP) is 4.75. The molecule has 1 N–H and O–H groups in total. The van der Waals surface area contributed by atoms with Gasteiger partial charge < -0.3 is 10.0 Å². The molecule has 2 fully saturated rings. The summed E-state index contributed by atoms with van der Waals surface area (Å²) in [5.74, 6) is 0.637. The van der Waals surface area contributed by atoms with Crippen LogP contribution in [-0.2, 0) is 0 Å². The summed E-state index contributed by atoms with van der Waals surface area (Å²) in [6, 6.07) is 17.2. The minimum Gasteiger partial charge on any atom is -0.478 e. The number of nitrogens with zero attached hydrogens (tertiary/aromatic N) is 3. The SMILES string of the molecule is O=C(O)c1ccc2nc(-c3cc#ccc3)c(N3CCCC4CCCCC43)nc2c1. The number of carboxylic acids is 1. The van der Waals surface area contributed by atoms with Crippen molar-refractivity contribution < 1.29 is 9.90 Å². The largest absolute Gasteiger partial charge is 0.478 e. The van der Waals surface area contributed by atoms with Gasteiger partial charge in [0, 0.05) is 18.2 Å². The molecule has 29 heavy (non-hydrogen) atoms. The van der Waals surface area contributed by atoms with Crippen LogP contribution in [0.25, 0.3) is 22.3 Å². The van der Waals surface area contributed by atoms with Crippen molar-refractivity contribution in [3.05, 3.63) is 54.1 Å². The summed E-state index contributed by atoms with van der Waals surface area (Å²) in [5.41, 5.74) is 3.39. The van der Waals surface area contributed by atoms with E-state index in [0.29, 0.717) is 23.0 Å². The molecule has 3 aromatic rings. The molecule has 1 aliphatic carbocycles. The Labute approximate surface area is 170 Å². The van der Waals surface area contributed by atoms with Gasteiger partial charge in [0.25, 0.3) is 0 Å². The van der Waals surface area contributed by atoms with E-state index in [0.717, 1.165) is 30.0 Å². The Morgan fingerprint density at radius 1 is 1.03 bits per heavy atom. The van der Waals surface area contributed by atoms with Gasteiger partial charge >= 0.3 is 5.97 Å². The normalized spacial score (nSPS) is 21.4. The van der Waals surface area contributed by atoms with Crippen molar-refractivity contribution in [2.75, 3.05) is 11.4 Å². The molecule has 2 unspecified atom stereocenters. The molecule has 1 aliphatic heterocycles. The summed E-state index contributed by atoms with van der Waals surface area (Å²) in [5, 5.41) is 9.38. The molecular weight excluding hydrogens is 362 g/mol. The highest BCUT2D eigenvalue weighted by atomic mass is 16.4. The number of hydrogen-bond acceptors (Lipinski definition) is 4. The zero-order valence-corrected chi connectivity index (χ0v) is 16.3. The van der Waals surface area contributed by atoms with Gasteiger partial charge in [-0.05, 0) is 68.0 Å². The van der Waals surface area contributed by atoms with Gasteiger partial charge in [-0.3, -0.25) is 0 Å². The topological polar surface area (TPSA) is 66.3 Å². The van der Waals surface area contributed by atoms with E-state index < -0.39 is 5.97 Å². The number of rotatable bonds is 3. The van der Waals surface area contributed by atoms with E-state index in [2.05, 4.69) is 17.0 Å². The Hall–Kier alpha value is -3.13. The molecular formula is C24H23N3O2. The molecule has 0 amide bonds. The van der Waals surface area contributed by atoms with Crippen molar-refractivity contribution in [1.29, 1.82) is 0 Å². The lowest BCUT2D eigenvalue weighted by molar-refractivity contribution is 0.0697. The van der Waals surface area contributed by atoms with Gasteiger partial charge in [0.05, 0.1) is 16.6 Å². The maximum absolute atomic E-state index is 11.4. The van der Waals surface area contributed by atoms with Gasteiger partial charge in [-0.1, -0.05) is 25.0 Å². The van der Waals surface area contributed by atoms with Gasteiger partial charge in [-0.2, -0.15) is 0 Å². The molecule has 0 radical (unpaired) electrons. The van der Waals surface area contributed by atoms with Gasteiger partial charge in [-0.25, -0.2) is 14.8 Å². The van der Waals surface area contributed by atoms with Crippen LogP contribution in [0, 0.1) is 18.1 Å². The number of benzene rings is 1. The highest BCUT2D eigenvalue weighted by Crippen LogP contribution is 2.40. The summed E-state index contributed by atoms with van der Waals surface area (Å²) in [7, 11) is 0. The first-order chi connectivity index (χ1) is 14.2. The van der Waals surface area contributed by atoms with E-state index in [1.807, 2.05) is 18.2 Å². The van der Waals surface area contributed by atoms with E-state index in [1.54, 1.807) is 18.2 Å². The van der Waals surface area contributed by atoms with Gasteiger partial charge in [0.2, 0.25) is 0 Å². The van der Waals surface area contributed by atoms with Crippen LogP contribution in [0.2, 0.25) is 0 Å². The zero-order valence-electron chi connectivity index (χ0n) is 16.3. The standard InChI is InChI=1S/C24H23N3O2/c28-24(29)18-12-13-19-20(15-18)26-23(22(25-19)17-8-2-1-3-9-17)27-14-6-10-16-7-4-5-11-21(16)27/h2,8-9,12-13,15-16,21H,4-7,10-11,14H2,(H,28,29). The second kappa shape index (κ2) is 7.36. The van der Waals surface area contributed by atoms with Crippen LogP contribution >= 0.6 is 0 Å². The van der Waals surface area contributed by atoms with Crippen LogP contribution in [0.1, 0.15) is 48.9 Å². The maximum atomic E-state index is 11.4. The lowest BCUT2D eigenvalue weighted by atomic mass is 9.78. The number of carboxylic acid groups (broad SMARTS) is 1. The molecule has 1 saturated carbocycles. The van der Waals surface area contributed by atoms with Crippen molar-refractivity contribution in [2.24, 2.45) is 5.92 Å². The van der Waals surface area contributed by atoms with E-state index in [1.165, 1.54) is 32.1 Å². The van der Waals surface area contributed by atoms with Crippen molar-refractivity contribution in [3.8, 4) is 11.3 Å². The first-order valence-corrected chi connectivity index (χ1v) is 10.4. The van der Waals surface area contributed by atoms with E-state index in [9.17, 15) is 9.90 Å². The lowest BCUT2D eigenvalue weighted by Crippen LogP contribution is -2.47. The molecule has 2 heterocycles. The van der Waals surface area contributed by atoms with Crippen LogP contribution < -0.4 is 4.90 Å². The third-order valence-electron chi connectivity index (χ3n) is 6.34. The summed E-state index contributed by atoms with van der Waals surface area (Å²) in [6.07, 6.45) is 7.49. The van der Waals surface area contributed by atoms with Crippen molar-refractivity contribution in [1.82, 2.24) is 9.97 Å². The van der Waals surface area contributed by atoms with Crippen LogP contribution in [0.3, 0.4) is 0 Å². The highest BCUT2D eigenvalue weighted by Gasteiger charge is 2.35. The van der Waals surface area contributed by atoms with Gasteiger partial charge in [0.15, 0.2) is 5.82 Å². The zero-order chi connectivity index (χ0) is 19.8. The fraction of sp³-hybridized carbons (Fsp3) is 0.375. The average Bonchev–Trinajstić information content (AvgIpc) is 2.78. The fourth-order valence-corrected chi connectivity index (χ4v) is 4.95.